The minimum atomic E-state index is -0.696. The lowest BCUT2D eigenvalue weighted by Gasteiger charge is -2.33. The number of carbonyl (C=O) groups excluding carboxylic acids is 5. The van der Waals surface area contributed by atoms with Gasteiger partial charge in [0.25, 0.3) is 23.6 Å². The smallest absolute Gasteiger partial charge is 0.410 e. The maximum atomic E-state index is 12.6. The third-order valence-electron chi connectivity index (χ3n) is 11.8. The Labute approximate surface area is 399 Å². The molecule has 2 aromatic carbocycles. The van der Waals surface area contributed by atoms with Crippen molar-refractivity contribution in [1.29, 1.82) is 0 Å². The minimum absolute atomic E-state index is 0.0943. The second-order valence-electron chi connectivity index (χ2n) is 17.9. The number of anilines is 2. The molecule has 20 heteroatoms. The number of hydrogen-bond donors (Lipinski definition) is 7. The lowest BCUT2D eigenvalue weighted by molar-refractivity contribution is 0.0183. The number of benzene rings is 2. The molecular formula is C49H58N14O6. The van der Waals surface area contributed by atoms with E-state index in [0.29, 0.717) is 88.8 Å². The summed E-state index contributed by atoms with van der Waals surface area (Å²) in [7, 11) is 0. The molecule has 8 rings (SSSR count). The first kappa shape index (κ1) is 48.8. The molecule has 69 heavy (non-hydrogen) atoms. The quantitative estimate of drug-likeness (QED) is 0.0816. The molecule has 0 saturated carbocycles. The number of hydrogen-bond acceptors (Lipinski definition) is 13. The number of rotatable bonds is 12. The van der Waals surface area contributed by atoms with E-state index in [1.165, 1.54) is 9.35 Å². The van der Waals surface area contributed by atoms with Crippen molar-refractivity contribution in [3.63, 3.8) is 0 Å². The van der Waals surface area contributed by atoms with Gasteiger partial charge < -0.3 is 48.7 Å². The predicted octanol–water partition coefficient (Wildman–Crippen LogP) is 4.75. The van der Waals surface area contributed by atoms with E-state index in [1.54, 1.807) is 102 Å². The van der Waals surface area contributed by atoms with Crippen molar-refractivity contribution < 1.29 is 28.7 Å². The lowest BCUT2D eigenvalue weighted by atomic mass is 9.93. The Morgan fingerprint density at radius 2 is 1.06 bits per heavy atom. The number of imidazole rings is 2. The molecule has 20 nitrogen and oxygen atoms in total. The number of amides is 5. The van der Waals surface area contributed by atoms with E-state index in [9.17, 15) is 24.0 Å². The van der Waals surface area contributed by atoms with Crippen molar-refractivity contribution >= 4 is 41.4 Å². The maximum absolute atomic E-state index is 12.6. The molecule has 0 bridgehead atoms. The molecule has 2 aliphatic heterocycles. The van der Waals surface area contributed by atoms with Crippen LogP contribution in [-0.4, -0.2) is 95.7 Å². The van der Waals surface area contributed by atoms with Gasteiger partial charge in [0.2, 0.25) is 0 Å². The normalized spacial score (nSPS) is 14.3. The Morgan fingerprint density at radius 1 is 0.638 bits per heavy atom. The predicted molar refractivity (Wildman–Crippen MR) is 261 cm³/mol. The van der Waals surface area contributed by atoms with Crippen LogP contribution >= 0.6 is 0 Å². The summed E-state index contributed by atoms with van der Waals surface area (Å²) in [6.45, 7) is 8.61. The number of pyridine rings is 2. The first-order chi connectivity index (χ1) is 33.0. The molecule has 5 amide bonds. The van der Waals surface area contributed by atoms with Gasteiger partial charge in [-0.3, -0.25) is 19.2 Å². The zero-order chi connectivity index (χ0) is 49.2. The van der Waals surface area contributed by atoms with Gasteiger partial charge in [0.05, 0.1) is 0 Å². The van der Waals surface area contributed by atoms with Gasteiger partial charge in [-0.05, 0) is 120 Å². The number of ether oxygens (including phenoxy) is 1. The highest BCUT2D eigenvalue weighted by Gasteiger charge is 2.30. The molecular weight excluding hydrogens is 881 g/mol. The third kappa shape index (κ3) is 12.5. The van der Waals surface area contributed by atoms with Crippen molar-refractivity contribution in [2.45, 2.75) is 64.9 Å². The van der Waals surface area contributed by atoms with Gasteiger partial charge >= 0.3 is 6.09 Å². The van der Waals surface area contributed by atoms with Crippen LogP contribution in [0.15, 0.2) is 97.3 Å². The molecule has 2 aliphatic rings. The number of carbonyl (C=O) groups is 5. The summed E-state index contributed by atoms with van der Waals surface area (Å²) in [4.78, 5) is 80.9. The van der Waals surface area contributed by atoms with E-state index in [2.05, 4.69) is 35.9 Å². The van der Waals surface area contributed by atoms with Gasteiger partial charge in [-0.25, -0.2) is 34.1 Å². The summed E-state index contributed by atoms with van der Waals surface area (Å²) in [5.41, 5.74) is 13.9. The zero-order valence-corrected chi connectivity index (χ0v) is 38.9. The summed E-state index contributed by atoms with van der Waals surface area (Å²) >= 11 is 0. The average molecular weight is 939 g/mol. The van der Waals surface area contributed by atoms with E-state index in [1.807, 2.05) is 20.8 Å². The molecule has 6 aromatic rings. The van der Waals surface area contributed by atoms with Gasteiger partial charge in [0, 0.05) is 60.6 Å². The largest absolute Gasteiger partial charge is 0.444 e. The lowest BCUT2D eigenvalue weighted by Crippen LogP contribution is -2.42. The van der Waals surface area contributed by atoms with Crippen LogP contribution in [0.25, 0.3) is 22.5 Å². The van der Waals surface area contributed by atoms with Crippen molar-refractivity contribution in [1.82, 2.24) is 39.5 Å². The topological polar surface area (TPSA) is 299 Å². The molecule has 0 radical (unpaired) electrons. The summed E-state index contributed by atoms with van der Waals surface area (Å²) in [5.74, 6) is 13.3. The number of primary amides is 2. The molecule has 11 N–H and O–H groups in total. The van der Waals surface area contributed by atoms with E-state index >= 15 is 0 Å². The Hall–Kier alpha value is -8.13. The van der Waals surface area contributed by atoms with Gasteiger partial charge in [0.1, 0.15) is 40.3 Å². The molecule has 0 spiro atoms. The summed E-state index contributed by atoms with van der Waals surface area (Å²) < 4.78 is 8.02. The van der Waals surface area contributed by atoms with E-state index in [0.717, 1.165) is 38.8 Å². The number of nitrogens with two attached hydrogens (primary N) is 4. The number of aromatic nitrogens is 6. The standard InChI is InChI=1S/C27H33N7O4.C22H25N7O2/c1-27(2,3)38-26(37)33-14-11-17(12-15-33)16-21-32-22(23(24(28)35)34(21)29)18-7-9-19(10-8-18)25(36)31-20-6-4-5-13-30-20;23-21(30)20-19(28-18(29(20)24)13-14-8-11-25-12-9-14)15-4-6-16(7-5-15)22(31)27-17-3-1-2-10-26-17/h4-10,13,17H,11-12,14-16,29H2,1-3H3,(H2,28,35)(H,30,31,36);1-7,10,14,25H,8-9,11-13,24H2,(H2,23,30)(H,26,27,31). The molecule has 360 valence electrons. The average Bonchev–Trinajstić information content (AvgIpc) is 3.84. The van der Waals surface area contributed by atoms with Crippen molar-refractivity contribution in [2.75, 3.05) is 48.5 Å². The van der Waals surface area contributed by atoms with Crippen LogP contribution in [0.3, 0.4) is 0 Å². The van der Waals surface area contributed by atoms with Crippen molar-refractivity contribution in [3.05, 3.63) is 131 Å². The second kappa shape index (κ2) is 21.7. The van der Waals surface area contributed by atoms with Crippen LogP contribution in [0.1, 0.15) is 99.8 Å². The summed E-state index contributed by atoms with van der Waals surface area (Å²) in [6.07, 6.45) is 7.69. The number of nitrogens with one attached hydrogen (secondary N) is 3. The first-order valence-corrected chi connectivity index (χ1v) is 22.7. The summed E-state index contributed by atoms with van der Waals surface area (Å²) in [6, 6.07) is 24.0. The SMILES string of the molecule is CC(C)(C)OC(=O)N1CCC(Cc2nc(-c3ccc(C(=O)Nc4ccccn4)cc3)c(C(N)=O)n2N)CC1.NC(=O)c1c(-c2ccc(C(=O)Nc3ccccn3)cc2)nc(CC2CCNCC2)n1N. The monoisotopic (exact) mass is 938 g/mol. The fourth-order valence-electron chi connectivity index (χ4n) is 8.18. The number of likely N-dealkylation sites (tertiary alicyclic amines) is 1. The maximum Gasteiger partial charge on any atom is 0.410 e. The highest BCUT2D eigenvalue weighted by atomic mass is 16.6. The number of nitrogen functional groups attached to an aromatic ring is 2. The Kier molecular flexibility index (Phi) is 15.3. The molecule has 0 atom stereocenters. The van der Waals surface area contributed by atoms with Gasteiger partial charge in [-0.2, -0.15) is 0 Å². The van der Waals surface area contributed by atoms with Crippen molar-refractivity contribution in [3.8, 4) is 22.5 Å². The van der Waals surface area contributed by atoms with Crippen LogP contribution in [0.4, 0.5) is 16.4 Å². The van der Waals surface area contributed by atoms with E-state index in [4.69, 9.17) is 27.9 Å². The Bertz CT molecular complexity index is 2760. The highest BCUT2D eigenvalue weighted by Crippen LogP contribution is 2.29. The van der Waals surface area contributed by atoms with Crippen LogP contribution in [-0.2, 0) is 17.6 Å². The van der Waals surface area contributed by atoms with Crippen LogP contribution in [0.5, 0.6) is 0 Å². The Balaban J connectivity index is 0.000000208. The van der Waals surface area contributed by atoms with Gasteiger partial charge in [-0.15, -0.1) is 0 Å². The first-order valence-electron chi connectivity index (χ1n) is 22.7. The minimum Gasteiger partial charge on any atom is -0.444 e. The molecule has 0 aliphatic carbocycles. The zero-order valence-electron chi connectivity index (χ0n) is 38.9. The van der Waals surface area contributed by atoms with E-state index < -0.39 is 17.4 Å². The van der Waals surface area contributed by atoms with Crippen LogP contribution in [0, 0.1) is 11.8 Å². The van der Waals surface area contributed by atoms with Crippen LogP contribution < -0.4 is 39.1 Å². The van der Waals surface area contributed by atoms with Gasteiger partial charge in [-0.1, -0.05) is 36.4 Å². The Morgan fingerprint density at radius 3 is 1.43 bits per heavy atom. The second-order valence-corrected chi connectivity index (χ2v) is 17.9. The third-order valence-corrected chi connectivity index (χ3v) is 11.8. The van der Waals surface area contributed by atoms with Gasteiger partial charge in [0.15, 0.2) is 11.4 Å². The fourth-order valence-corrected chi connectivity index (χ4v) is 8.18. The summed E-state index contributed by atoms with van der Waals surface area (Å²) in [5, 5.41) is 8.80. The number of nitrogens with zero attached hydrogens (tertiary/aromatic N) is 7. The van der Waals surface area contributed by atoms with Crippen molar-refractivity contribution in [2.24, 2.45) is 23.3 Å². The highest BCUT2D eigenvalue weighted by molar-refractivity contribution is 6.05. The fraction of sp³-hybridized carbons (Fsp3) is 0.327. The number of piperidine rings is 2. The molecule has 2 saturated heterocycles. The van der Waals surface area contributed by atoms with E-state index in [-0.39, 0.29) is 35.2 Å². The molecule has 4 aromatic heterocycles. The molecule has 6 heterocycles. The van der Waals surface area contributed by atoms with Crippen LogP contribution in [0.2, 0.25) is 0 Å². The molecule has 2 fully saturated rings. The molecule has 0 unspecified atom stereocenters.